The summed E-state index contributed by atoms with van der Waals surface area (Å²) in [4.78, 5) is 0. The number of benzene rings is 1. The third-order valence-corrected chi connectivity index (χ3v) is 2.17. The minimum Gasteiger partial charge on any atom is -0.398 e. The number of nitrogen functional groups attached to an aromatic ring is 1. The van der Waals surface area contributed by atoms with Gasteiger partial charge in [-0.2, -0.15) is 10.4 Å². The van der Waals surface area contributed by atoms with Gasteiger partial charge in [0.05, 0.1) is 28.2 Å². The Hall–Kier alpha value is -1.99. The molecule has 2 N–H and O–H groups in total. The Morgan fingerprint density at radius 2 is 2.27 bits per heavy atom. The maximum absolute atomic E-state index is 8.71. The molecule has 1 heterocycles. The summed E-state index contributed by atoms with van der Waals surface area (Å²) in [5.41, 5.74) is 7.34. The number of aromatic nitrogens is 2. The van der Waals surface area contributed by atoms with Gasteiger partial charge in [0.15, 0.2) is 0 Å². The summed E-state index contributed by atoms with van der Waals surface area (Å²) in [6.07, 6.45) is 3.21. The molecule has 0 amide bonds. The van der Waals surface area contributed by atoms with Gasteiger partial charge in [-0.3, -0.25) is 0 Å². The topological polar surface area (TPSA) is 67.6 Å². The third kappa shape index (κ3) is 1.78. The number of hydrogen-bond donors (Lipinski definition) is 1. The lowest BCUT2D eigenvalue weighted by Crippen LogP contribution is -1.97. The first-order valence-electron chi connectivity index (χ1n) is 4.21. The SMILES string of the molecule is N#Cc1ccc(-n2cc(Cl)cn2)cc1N. The van der Waals surface area contributed by atoms with Crippen LogP contribution in [0.25, 0.3) is 5.69 Å². The quantitative estimate of drug-likeness (QED) is 0.745. The molecule has 15 heavy (non-hydrogen) atoms. The molecule has 0 aliphatic carbocycles. The monoisotopic (exact) mass is 218 g/mol. The molecule has 74 valence electrons. The maximum atomic E-state index is 8.71. The van der Waals surface area contributed by atoms with E-state index in [1.807, 2.05) is 6.07 Å². The average molecular weight is 219 g/mol. The Kier molecular flexibility index (Phi) is 2.32. The summed E-state index contributed by atoms with van der Waals surface area (Å²) in [6.45, 7) is 0. The molecular weight excluding hydrogens is 212 g/mol. The molecule has 0 radical (unpaired) electrons. The largest absolute Gasteiger partial charge is 0.398 e. The highest BCUT2D eigenvalue weighted by Gasteiger charge is 2.02. The Morgan fingerprint density at radius 1 is 1.47 bits per heavy atom. The highest BCUT2D eigenvalue weighted by molar-refractivity contribution is 6.30. The first-order valence-corrected chi connectivity index (χ1v) is 4.58. The molecule has 0 aliphatic rings. The van der Waals surface area contributed by atoms with Gasteiger partial charge in [0.1, 0.15) is 6.07 Å². The van der Waals surface area contributed by atoms with Crippen molar-refractivity contribution in [2.45, 2.75) is 0 Å². The minimum absolute atomic E-state index is 0.432. The molecule has 0 fully saturated rings. The predicted molar refractivity (Wildman–Crippen MR) is 57.7 cm³/mol. The van der Waals surface area contributed by atoms with E-state index in [1.165, 1.54) is 6.20 Å². The lowest BCUT2D eigenvalue weighted by atomic mass is 10.2. The van der Waals surface area contributed by atoms with E-state index in [-0.39, 0.29) is 0 Å². The highest BCUT2D eigenvalue weighted by atomic mass is 35.5. The van der Waals surface area contributed by atoms with Gasteiger partial charge in [-0.05, 0) is 18.2 Å². The first kappa shape index (κ1) is 9.56. The average Bonchev–Trinajstić information content (AvgIpc) is 2.65. The molecule has 0 saturated carbocycles. The van der Waals surface area contributed by atoms with Crippen LogP contribution in [0.5, 0.6) is 0 Å². The molecule has 0 unspecified atom stereocenters. The molecule has 0 atom stereocenters. The number of anilines is 1. The van der Waals surface area contributed by atoms with E-state index in [0.29, 0.717) is 16.3 Å². The van der Waals surface area contributed by atoms with Crippen LogP contribution in [0, 0.1) is 11.3 Å². The van der Waals surface area contributed by atoms with Gasteiger partial charge in [0, 0.05) is 6.20 Å². The predicted octanol–water partition coefficient (Wildman–Crippen LogP) is 1.98. The molecule has 1 aromatic heterocycles. The second-order valence-electron chi connectivity index (χ2n) is 2.99. The summed E-state index contributed by atoms with van der Waals surface area (Å²) in [7, 11) is 0. The zero-order valence-electron chi connectivity index (χ0n) is 7.68. The van der Waals surface area contributed by atoms with Crippen molar-refractivity contribution in [2.24, 2.45) is 0 Å². The molecule has 5 heteroatoms. The second kappa shape index (κ2) is 3.64. The molecule has 1 aromatic carbocycles. The van der Waals surface area contributed by atoms with Gasteiger partial charge < -0.3 is 5.73 Å². The van der Waals surface area contributed by atoms with Crippen molar-refractivity contribution in [2.75, 3.05) is 5.73 Å². The first-order chi connectivity index (χ1) is 7.20. The van der Waals surface area contributed by atoms with Crippen LogP contribution < -0.4 is 5.73 Å². The molecule has 2 rings (SSSR count). The fourth-order valence-corrected chi connectivity index (χ4v) is 1.37. The summed E-state index contributed by atoms with van der Waals surface area (Å²) < 4.78 is 1.60. The van der Waals surface area contributed by atoms with Crippen LogP contribution in [0.3, 0.4) is 0 Å². The van der Waals surface area contributed by atoms with Crippen molar-refractivity contribution in [1.82, 2.24) is 9.78 Å². The van der Waals surface area contributed by atoms with Crippen LogP contribution >= 0.6 is 11.6 Å². The van der Waals surface area contributed by atoms with Crippen molar-refractivity contribution < 1.29 is 0 Å². The number of nitriles is 1. The number of rotatable bonds is 1. The van der Waals surface area contributed by atoms with Crippen LogP contribution in [0.2, 0.25) is 5.02 Å². The smallest absolute Gasteiger partial charge is 0.101 e. The number of hydrogen-bond acceptors (Lipinski definition) is 3. The van der Waals surface area contributed by atoms with E-state index < -0.39 is 0 Å². The number of nitrogens with two attached hydrogens (primary N) is 1. The van der Waals surface area contributed by atoms with E-state index in [4.69, 9.17) is 22.6 Å². The van der Waals surface area contributed by atoms with Crippen molar-refractivity contribution in [3.05, 3.63) is 41.2 Å². The Labute approximate surface area is 91.5 Å². The normalized spacial score (nSPS) is 9.87. The Balaban J connectivity index is 2.48. The number of nitrogens with zero attached hydrogens (tertiary/aromatic N) is 3. The molecule has 4 nitrogen and oxygen atoms in total. The lowest BCUT2D eigenvalue weighted by molar-refractivity contribution is 0.881. The van der Waals surface area contributed by atoms with Gasteiger partial charge in [0.25, 0.3) is 0 Å². The van der Waals surface area contributed by atoms with Gasteiger partial charge in [-0.1, -0.05) is 11.6 Å². The van der Waals surface area contributed by atoms with Crippen molar-refractivity contribution in [3.63, 3.8) is 0 Å². The molecule has 0 bridgehead atoms. The van der Waals surface area contributed by atoms with Crippen molar-refractivity contribution in [1.29, 1.82) is 5.26 Å². The Bertz CT molecular complexity index is 539. The fourth-order valence-electron chi connectivity index (χ4n) is 1.24. The molecule has 0 aliphatic heterocycles. The van der Waals surface area contributed by atoms with E-state index in [1.54, 1.807) is 29.1 Å². The summed E-state index contributed by atoms with van der Waals surface area (Å²) in [5.74, 6) is 0. The fraction of sp³-hybridized carbons (Fsp3) is 0. The second-order valence-corrected chi connectivity index (χ2v) is 3.42. The minimum atomic E-state index is 0.432. The van der Waals surface area contributed by atoms with E-state index in [0.717, 1.165) is 5.69 Å². The molecule has 0 spiro atoms. The molecule has 0 saturated heterocycles. The Morgan fingerprint density at radius 3 is 2.80 bits per heavy atom. The van der Waals surface area contributed by atoms with Crippen molar-refractivity contribution in [3.8, 4) is 11.8 Å². The van der Waals surface area contributed by atoms with E-state index >= 15 is 0 Å². The van der Waals surface area contributed by atoms with Gasteiger partial charge >= 0.3 is 0 Å². The summed E-state index contributed by atoms with van der Waals surface area (Å²) in [5, 5.41) is 13.3. The summed E-state index contributed by atoms with van der Waals surface area (Å²) >= 11 is 5.74. The van der Waals surface area contributed by atoms with Crippen LogP contribution in [0.15, 0.2) is 30.6 Å². The highest BCUT2D eigenvalue weighted by Crippen LogP contribution is 2.17. The zero-order valence-corrected chi connectivity index (χ0v) is 8.44. The van der Waals surface area contributed by atoms with Crippen LogP contribution in [0.1, 0.15) is 5.56 Å². The van der Waals surface area contributed by atoms with Crippen molar-refractivity contribution >= 4 is 17.3 Å². The van der Waals surface area contributed by atoms with Gasteiger partial charge in [0.2, 0.25) is 0 Å². The molecule has 2 aromatic rings. The third-order valence-electron chi connectivity index (χ3n) is 1.97. The van der Waals surface area contributed by atoms with Gasteiger partial charge in [-0.25, -0.2) is 4.68 Å². The van der Waals surface area contributed by atoms with Crippen LogP contribution in [-0.4, -0.2) is 9.78 Å². The maximum Gasteiger partial charge on any atom is 0.101 e. The van der Waals surface area contributed by atoms with Crippen LogP contribution in [-0.2, 0) is 0 Å². The molecular formula is C10H7ClN4. The standard InChI is InChI=1S/C10H7ClN4/c11-8-5-14-15(6-8)9-2-1-7(4-12)10(13)3-9/h1-3,5-6H,13H2. The summed E-state index contributed by atoms with van der Waals surface area (Å²) in [6, 6.07) is 7.10. The number of halogens is 1. The van der Waals surface area contributed by atoms with Crippen LogP contribution in [0.4, 0.5) is 5.69 Å². The van der Waals surface area contributed by atoms with E-state index in [9.17, 15) is 0 Å². The van der Waals surface area contributed by atoms with Gasteiger partial charge in [-0.15, -0.1) is 0 Å². The van der Waals surface area contributed by atoms with E-state index in [2.05, 4.69) is 5.10 Å². The lowest BCUT2D eigenvalue weighted by Gasteiger charge is -2.03. The zero-order chi connectivity index (χ0) is 10.8.